The van der Waals surface area contributed by atoms with E-state index in [1.165, 1.54) is 12.4 Å². The van der Waals surface area contributed by atoms with Crippen LogP contribution in [-0.2, 0) is 16.9 Å². The van der Waals surface area contributed by atoms with Crippen molar-refractivity contribution in [3.05, 3.63) is 36.3 Å². The number of aromatic nitrogens is 5. The number of carbonyl (C=O) groups excluding carboxylic acids is 1. The monoisotopic (exact) mass is 498 g/mol. The summed E-state index contributed by atoms with van der Waals surface area (Å²) in [6.45, 7) is 0. The Morgan fingerprint density at radius 3 is 2.63 bits per heavy atom. The maximum absolute atomic E-state index is 12.3. The zero-order valence-corrected chi connectivity index (χ0v) is 20.1. The first-order valence-electron chi connectivity index (χ1n) is 10.8. The maximum Gasteiger partial charge on any atom is 0.271 e. The van der Waals surface area contributed by atoms with Gasteiger partial charge in [-0.15, -0.1) is 0 Å². The van der Waals surface area contributed by atoms with E-state index >= 15 is 0 Å². The molecule has 6 N–H and O–H groups in total. The average Bonchev–Trinajstić information content (AvgIpc) is 3.22. The van der Waals surface area contributed by atoms with Gasteiger partial charge in [-0.05, 0) is 12.8 Å². The van der Waals surface area contributed by atoms with Crippen LogP contribution in [0.2, 0.25) is 0 Å². The molecule has 0 aliphatic carbocycles. The van der Waals surface area contributed by atoms with Crippen LogP contribution in [0.1, 0.15) is 23.3 Å². The van der Waals surface area contributed by atoms with Crippen molar-refractivity contribution in [1.29, 1.82) is 0 Å². The van der Waals surface area contributed by atoms with Gasteiger partial charge < -0.3 is 26.7 Å². The topological polar surface area (TPSA) is 196 Å². The van der Waals surface area contributed by atoms with Gasteiger partial charge in [-0.25, -0.2) is 23.4 Å². The van der Waals surface area contributed by atoms with E-state index in [2.05, 4.69) is 35.6 Å². The Balaban J connectivity index is 1.68. The Morgan fingerprint density at radius 1 is 1.23 bits per heavy atom. The van der Waals surface area contributed by atoms with Crippen molar-refractivity contribution in [1.82, 2.24) is 24.5 Å². The molecule has 0 atom stereocenters. The van der Waals surface area contributed by atoms with Gasteiger partial charge in [0.1, 0.15) is 21.0 Å². The minimum atomic E-state index is -2.99. The molecule has 14 heteroatoms. The fourth-order valence-corrected chi connectivity index (χ4v) is 5.21. The highest BCUT2D eigenvalue weighted by Crippen LogP contribution is 2.31. The van der Waals surface area contributed by atoms with Gasteiger partial charge in [0.2, 0.25) is 0 Å². The molecule has 1 aliphatic heterocycles. The van der Waals surface area contributed by atoms with Crippen molar-refractivity contribution in [2.75, 3.05) is 29.2 Å². The average molecular weight is 499 g/mol. The number of rotatable bonds is 7. The highest BCUT2D eigenvalue weighted by Gasteiger charge is 2.23. The summed E-state index contributed by atoms with van der Waals surface area (Å²) in [7, 11) is 0.535. The summed E-state index contributed by atoms with van der Waals surface area (Å²) in [5, 5.41) is 5.93. The van der Waals surface area contributed by atoms with E-state index in [-0.39, 0.29) is 29.1 Å². The van der Waals surface area contributed by atoms with Gasteiger partial charge in [-0.2, -0.15) is 0 Å². The Hall–Kier alpha value is -4.07. The largest absolute Gasteiger partial charge is 0.403 e. The van der Waals surface area contributed by atoms with Crippen LogP contribution in [0.15, 0.2) is 35.6 Å². The van der Waals surface area contributed by atoms with Crippen LogP contribution < -0.4 is 22.1 Å². The number of anilines is 2. The van der Waals surface area contributed by atoms with Crippen LogP contribution in [0.3, 0.4) is 0 Å². The number of hydrogen-bond acceptors (Lipinski definition) is 11. The Bertz CT molecular complexity index is 1430. The summed E-state index contributed by atoms with van der Waals surface area (Å²) in [4.78, 5) is 34.4. The van der Waals surface area contributed by atoms with Gasteiger partial charge in [0, 0.05) is 32.7 Å². The molecule has 3 aromatic rings. The molecule has 0 spiro atoms. The molecule has 3 aromatic heterocycles. The van der Waals surface area contributed by atoms with Gasteiger partial charge in [0.15, 0.2) is 17.3 Å². The second-order valence-corrected chi connectivity index (χ2v) is 10.4. The number of sulfone groups is 1. The second kappa shape index (κ2) is 9.66. The molecule has 0 saturated carbocycles. The predicted molar refractivity (Wildman–Crippen MR) is 134 cm³/mol. The molecule has 4 heterocycles. The van der Waals surface area contributed by atoms with Gasteiger partial charge in [-0.1, -0.05) is 0 Å². The lowest BCUT2D eigenvalue weighted by molar-refractivity contribution is 0.0996. The number of carbonyl (C=O) groups is 1. The third-order valence-corrected chi connectivity index (χ3v) is 7.37. The number of aliphatic imine (C=N–C) groups is 1. The first-order chi connectivity index (χ1) is 16.7. The summed E-state index contributed by atoms with van der Waals surface area (Å²) >= 11 is 0. The third-order valence-electron chi connectivity index (χ3n) is 5.65. The zero-order valence-electron chi connectivity index (χ0n) is 19.3. The van der Waals surface area contributed by atoms with Crippen molar-refractivity contribution in [3.63, 3.8) is 0 Å². The normalized spacial score (nSPS) is 16.6. The van der Waals surface area contributed by atoms with Crippen molar-refractivity contribution in [2.24, 2.45) is 23.5 Å². The highest BCUT2D eigenvalue weighted by atomic mass is 32.2. The van der Waals surface area contributed by atoms with Crippen molar-refractivity contribution in [3.8, 4) is 11.3 Å². The van der Waals surface area contributed by atoms with Crippen LogP contribution >= 0.6 is 0 Å². The molecule has 0 bridgehead atoms. The fraction of sp³-hybridized carbons (Fsp3) is 0.333. The highest BCUT2D eigenvalue weighted by molar-refractivity contribution is 7.91. The molecule has 13 nitrogen and oxygen atoms in total. The Labute approximate surface area is 201 Å². The van der Waals surface area contributed by atoms with Crippen molar-refractivity contribution in [2.45, 2.75) is 18.9 Å². The number of primary amides is 1. The van der Waals surface area contributed by atoms with Gasteiger partial charge in [-0.3, -0.25) is 14.8 Å². The number of imidazole rings is 1. The summed E-state index contributed by atoms with van der Waals surface area (Å²) < 4.78 is 25.1. The molecule has 0 aromatic carbocycles. The Kier molecular flexibility index (Phi) is 6.64. The SMILES string of the molecule is CNc1nc(NC(C=NC2CCS(=O)(=O)CC2)=CN)c(C(N)=O)nc1-c1cncc2c1ncn2C. The van der Waals surface area contributed by atoms with Gasteiger partial charge in [0.05, 0.1) is 46.8 Å². The molecule has 184 valence electrons. The maximum atomic E-state index is 12.3. The molecule has 35 heavy (non-hydrogen) atoms. The Morgan fingerprint density at radius 2 is 1.97 bits per heavy atom. The number of allylic oxidation sites excluding steroid dienone is 1. The molecule has 1 fully saturated rings. The van der Waals surface area contributed by atoms with Crippen LogP contribution in [0.4, 0.5) is 11.6 Å². The predicted octanol–water partition coefficient (Wildman–Crippen LogP) is 0.426. The van der Waals surface area contributed by atoms with Crippen LogP contribution in [0.25, 0.3) is 22.3 Å². The van der Waals surface area contributed by atoms with E-state index in [0.29, 0.717) is 41.1 Å². The molecule has 1 amide bonds. The molecule has 1 aliphatic rings. The van der Waals surface area contributed by atoms with Gasteiger partial charge in [0.25, 0.3) is 5.91 Å². The van der Waals surface area contributed by atoms with Gasteiger partial charge >= 0.3 is 0 Å². The summed E-state index contributed by atoms with van der Waals surface area (Å²) in [5.74, 6) is -0.140. The van der Waals surface area contributed by atoms with E-state index < -0.39 is 15.7 Å². The fourth-order valence-electron chi connectivity index (χ4n) is 3.74. The first-order valence-corrected chi connectivity index (χ1v) is 12.6. The molecular weight excluding hydrogens is 472 g/mol. The number of hydrogen-bond donors (Lipinski definition) is 4. The summed E-state index contributed by atoms with van der Waals surface area (Å²) in [6.07, 6.45) is 8.57. The van der Waals surface area contributed by atoms with Crippen LogP contribution in [0, 0.1) is 0 Å². The van der Waals surface area contributed by atoms with E-state index in [1.807, 2.05) is 11.6 Å². The van der Waals surface area contributed by atoms with E-state index in [4.69, 9.17) is 11.5 Å². The lowest BCUT2D eigenvalue weighted by atomic mass is 10.1. The van der Waals surface area contributed by atoms with Crippen molar-refractivity contribution >= 4 is 44.6 Å². The number of nitrogens with one attached hydrogen (secondary N) is 2. The number of fused-ring (bicyclic) bond motifs is 1. The molecule has 0 unspecified atom stereocenters. The first kappa shape index (κ1) is 24.1. The second-order valence-electron chi connectivity index (χ2n) is 8.05. The minimum Gasteiger partial charge on any atom is -0.403 e. The van der Waals surface area contributed by atoms with E-state index in [9.17, 15) is 13.2 Å². The lowest BCUT2D eigenvalue weighted by Crippen LogP contribution is -2.26. The summed E-state index contributed by atoms with van der Waals surface area (Å²) in [5.41, 5.74) is 14.0. The zero-order chi connectivity index (χ0) is 25.2. The van der Waals surface area contributed by atoms with E-state index in [1.54, 1.807) is 25.8 Å². The van der Waals surface area contributed by atoms with E-state index in [0.717, 1.165) is 5.52 Å². The van der Waals surface area contributed by atoms with Crippen LogP contribution in [-0.4, -0.2) is 69.6 Å². The number of aryl methyl sites for hydroxylation is 1. The standard InChI is InChI=1S/C21H26N10O3S/c1-24-20-17(14-9-25-10-15-16(14)27-11-31(15)2)29-18(19(23)32)21(30-20)28-13(7-22)8-26-12-3-5-35(33,34)6-4-12/h7-12H,3-6,22H2,1-2H3,(H2,23,32)(H2,24,28,30). The number of pyridine rings is 1. The number of amides is 1. The number of nitrogens with two attached hydrogens (primary N) is 2. The summed E-state index contributed by atoms with van der Waals surface area (Å²) in [6, 6.07) is -0.140. The smallest absolute Gasteiger partial charge is 0.271 e. The lowest BCUT2D eigenvalue weighted by Gasteiger charge is -2.18. The molecule has 1 saturated heterocycles. The third kappa shape index (κ3) is 5.06. The van der Waals surface area contributed by atoms with Crippen LogP contribution in [0.5, 0.6) is 0 Å². The minimum absolute atomic E-state index is 0.0844. The molecular formula is C21H26N10O3S. The van der Waals surface area contributed by atoms with Crippen molar-refractivity contribution < 1.29 is 13.2 Å². The molecule has 0 radical (unpaired) electrons. The number of nitrogens with zero attached hydrogens (tertiary/aromatic N) is 6. The quantitative estimate of drug-likeness (QED) is 0.331. The molecule has 4 rings (SSSR count).